The van der Waals surface area contributed by atoms with Crippen LogP contribution in [0.3, 0.4) is 0 Å². The van der Waals surface area contributed by atoms with Crippen molar-refractivity contribution in [1.29, 1.82) is 0 Å². The molecule has 0 atom stereocenters. The molecule has 0 saturated carbocycles. The molecule has 0 saturated heterocycles. The molecule has 2 heterocycles. The predicted octanol–water partition coefficient (Wildman–Crippen LogP) is 1.98. The Balaban J connectivity index is 2.67. The lowest BCUT2D eigenvalue weighted by Gasteiger charge is -1.98. The lowest BCUT2D eigenvalue weighted by molar-refractivity contribution is 0.569. The number of aryl methyl sites for hydroxylation is 1. The third kappa shape index (κ3) is 1.08. The minimum absolute atomic E-state index is 0.352. The Morgan fingerprint density at radius 3 is 3.07 bits per heavy atom. The summed E-state index contributed by atoms with van der Waals surface area (Å²) in [6, 6.07) is 5.68. The summed E-state index contributed by atoms with van der Waals surface area (Å²) in [4.78, 5) is 11.5. The summed E-state index contributed by atoms with van der Waals surface area (Å²) < 4.78 is 5.17. The number of hydrogen-bond acceptors (Lipinski definition) is 3. The van der Waals surface area contributed by atoms with Crippen molar-refractivity contribution >= 4 is 21.9 Å². The average Bonchev–Trinajstić information content (AvgIpc) is 2.69. The van der Waals surface area contributed by atoms with Crippen LogP contribution in [-0.4, -0.2) is 10.2 Å². The van der Waals surface area contributed by atoms with Gasteiger partial charge in [-0.2, -0.15) is 5.10 Å². The maximum absolute atomic E-state index is 11.5. The number of nitrogens with one attached hydrogen (secondary N) is 1. The van der Waals surface area contributed by atoms with Crippen molar-refractivity contribution in [3.05, 3.63) is 40.4 Å². The highest BCUT2D eigenvalue weighted by Gasteiger charge is 2.08. The van der Waals surface area contributed by atoms with Crippen molar-refractivity contribution in [2.45, 2.75) is 6.92 Å². The molecule has 2 aromatic heterocycles. The summed E-state index contributed by atoms with van der Waals surface area (Å²) in [6.45, 7) is 1.99. The van der Waals surface area contributed by atoms with Crippen molar-refractivity contribution in [3.8, 4) is 0 Å². The molecule has 4 nitrogen and oxygen atoms in total. The van der Waals surface area contributed by atoms with E-state index in [0.717, 1.165) is 16.5 Å². The normalized spacial score (nSPS) is 11.3. The number of aromatic amines is 1. The van der Waals surface area contributed by atoms with Gasteiger partial charge in [-0.05, 0) is 19.1 Å². The van der Waals surface area contributed by atoms with E-state index in [0.29, 0.717) is 11.0 Å². The summed E-state index contributed by atoms with van der Waals surface area (Å²) in [5.41, 5.74) is 2.09. The number of fused-ring (bicyclic) bond motifs is 3. The monoisotopic (exact) mass is 200 g/mol. The smallest absolute Gasteiger partial charge is 0.347 e. The Labute approximate surface area is 84.5 Å². The minimum Gasteiger partial charge on any atom is -0.422 e. The molecule has 15 heavy (non-hydrogen) atoms. The van der Waals surface area contributed by atoms with Gasteiger partial charge in [-0.25, -0.2) is 4.79 Å². The van der Waals surface area contributed by atoms with Gasteiger partial charge in [-0.3, -0.25) is 5.10 Å². The Bertz CT molecular complexity index is 709. The topological polar surface area (TPSA) is 58.9 Å². The van der Waals surface area contributed by atoms with Crippen LogP contribution < -0.4 is 5.63 Å². The third-order valence-electron chi connectivity index (χ3n) is 2.47. The molecule has 1 N–H and O–H groups in total. The SMILES string of the molecule is Cc1ccc2oc(=O)c3cn[nH]c3c2c1. The number of aromatic nitrogens is 2. The quantitative estimate of drug-likeness (QED) is 0.564. The molecule has 0 fully saturated rings. The first kappa shape index (κ1) is 8.23. The van der Waals surface area contributed by atoms with Crippen LogP contribution in [0.5, 0.6) is 0 Å². The lowest BCUT2D eigenvalue weighted by Crippen LogP contribution is -1.97. The Kier molecular flexibility index (Phi) is 1.48. The van der Waals surface area contributed by atoms with Crippen molar-refractivity contribution < 1.29 is 4.42 Å². The highest BCUT2D eigenvalue weighted by atomic mass is 16.4. The summed E-state index contributed by atoms with van der Waals surface area (Å²) in [5.74, 6) is 0. The van der Waals surface area contributed by atoms with E-state index in [1.165, 1.54) is 6.20 Å². The van der Waals surface area contributed by atoms with Gasteiger partial charge >= 0.3 is 5.63 Å². The van der Waals surface area contributed by atoms with Crippen LogP contribution >= 0.6 is 0 Å². The number of H-pyrrole nitrogens is 1. The van der Waals surface area contributed by atoms with Crippen LogP contribution in [0.4, 0.5) is 0 Å². The number of benzene rings is 1. The van der Waals surface area contributed by atoms with E-state index in [1.807, 2.05) is 19.1 Å². The van der Waals surface area contributed by atoms with Gasteiger partial charge in [0.1, 0.15) is 11.0 Å². The fourth-order valence-electron chi connectivity index (χ4n) is 1.73. The van der Waals surface area contributed by atoms with Crippen LogP contribution in [0.1, 0.15) is 5.56 Å². The number of rotatable bonds is 0. The molecule has 1 aromatic carbocycles. The summed E-state index contributed by atoms with van der Waals surface area (Å²) in [7, 11) is 0. The van der Waals surface area contributed by atoms with E-state index in [-0.39, 0.29) is 5.63 Å². The van der Waals surface area contributed by atoms with Crippen molar-refractivity contribution in [2.75, 3.05) is 0 Å². The van der Waals surface area contributed by atoms with Gasteiger partial charge < -0.3 is 4.42 Å². The van der Waals surface area contributed by atoms with Gasteiger partial charge in [-0.15, -0.1) is 0 Å². The van der Waals surface area contributed by atoms with E-state index in [4.69, 9.17) is 4.42 Å². The zero-order valence-electron chi connectivity index (χ0n) is 8.07. The maximum atomic E-state index is 11.5. The van der Waals surface area contributed by atoms with Crippen molar-refractivity contribution in [1.82, 2.24) is 10.2 Å². The van der Waals surface area contributed by atoms with Gasteiger partial charge in [0.15, 0.2) is 0 Å². The molecule has 0 aliphatic rings. The molecule has 0 unspecified atom stereocenters. The van der Waals surface area contributed by atoms with Crippen molar-refractivity contribution in [3.63, 3.8) is 0 Å². The van der Waals surface area contributed by atoms with Crippen LogP contribution in [-0.2, 0) is 0 Å². The van der Waals surface area contributed by atoms with E-state index in [1.54, 1.807) is 6.07 Å². The Morgan fingerprint density at radius 1 is 1.33 bits per heavy atom. The highest BCUT2D eigenvalue weighted by molar-refractivity contribution is 6.01. The summed E-state index contributed by atoms with van der Waals surface area (Å²) >= 11 is 0. The molecule has 3 aromatic rings. The standard InChI is InChI=1S/C11H8N2O2/c1-6-2-3-9-7(4-6)10-8(5-12-13-10)11(14)15-9/h2-5H,1H3,(H,12,13). The number of hydrogen-bond donors (Lipinski definition) is 1. The average molecular weight is 200 g/mol. The fraction of sp³-hybridized carbons (Fsp3) is 0.0909. The van der Waals surface area contributed by atoms with E-state index < -0.39 is 0 Å². The van der Waals surface area contributed by atoms with Gasteiger partial charge in [0.25, 0.3) is 0 Å². The molecule has 0 aliphatic carbocycles. The molecular formula is C11H8N2O2. The first-order valence-corrected chi connectivity index (χ1v) is 4.62. The van der Waals surface area contributed by atoms with Gasteiger partial charge in [0.2, 0.25) is 0 Å². The molecule has 3 rings (SSSR count). The van der Waals surface area contributed by atoms with Crippen LogP contribution in [0.15, 0.2) is 33.6 Å². The molecule has 4 heteroatoms. The lowest BCUT2D eigenvalue weighted by atomic mass is 10.1. The van der Waals surface area contributed by atoms with Crippen LogP contribution in [0.25, 0.3) is 21.9 Å². The molecule has 0 amide bonds. The summed E-state index contributed by atoms with van der Waals surface area (Å²) in [6.07, 6.45) is 1.49. The fourth-order valence-corrected chi connectivity index (χ4v) is 1.73. The van der Waals surface area contributed by atoms with Crippen LogP contribution in [0, 0.1) is 6.92 Å². The third-order valence-corrected chi connectivity index (χ3v) is 2.47. The molecule has 0 spiro atoms. The molecule has 0 radical (unpaired) electrons. The molecule has 74 valence electrons. The Hall–Kier alpha value is -2.10. The molecule has 0 aliphatic heterocycles. The Morgan fingerprint density at radius 2 is 2.20 bits per heavy atom. The van der Waals surface area contributed by atoms with E-state index in [2.05, 4.69) is 10.2 Å². The minimum atomic E-state index is -0.352. The molecule has 0 bridgehead atoms. The predicted molar refractivity (Wildman–Crippen MR) is 56.9 cm³/mol. The first-order valence-electron chi connectivity index (χ1n) is 4.62. The first-order chi connectivity index (χ1) is 7.25. The maximum Gasteiger partial charge on any atom is 0.347 e. The highest BCUT2D eigenvalue weighted by Crippen LogP contribution is 2.21. The zero-order valence-corrected chi connectivity index (χ0v) is 8.07. The molecular weight excluding hydrogens is 192 g/mol. The summed E-state index contributed by atoms with van der Waals surface area (Å²) in [5, 5.41) is 8.06. The van der Waals surface area contributed by atoms with Crippen LogP contribution in [0.2, 0.25) is 0 Å². The number of nitrogens with zero attached hydrogens (tertiary/aromatic N) is 1. The largest absolute Gasteiger partial charge is 0.422 e. The van der Waals surface area contributed by atoms with Crippen molar-refractivity contribution in [2.24, 2.45) is 0 Å². The van der Waals surface area contributed by atoms with E-state index >= 15 is 0 Å². The second kappa shape index (κ2) is 2.70. The van der Waals surface area contributed by atoms with Gasteiger partial charge in [-0.1, -0.05) is 11.6 Å². The second-order valence-electron chi connectivity index (χ2n) is 3.55. The van der Waals surface area contributed by atoms with Gasteiger partial charge in [0.05, 0.1) is 11.7 Å². The van der Waals surface area contributed by atoms with Gasteiger partial charge in [0, 0.05) is 5.39 Å². The second-order valence-corrected chi connectivity index (χ2v) is 3.55. The zero-order chi connectivity index (χ0) is 10.4. The van der Waals surface area contributed by atoms with E-state index in [9.17, 15) is 4.79 Å².